The third kappa shape index (κ3) is 3.69. The van der Waals surface area contributed by atoms with Gasteiger partial charge in [0.25, 0.3) is 0 Å². The first-order valence-electron chi connectivity index (χ1n) is 5.85. The van der Waals surface area contributed by atoms with Crippen LogP contribution < -0.4 is 10.5 Å². The number of halogens is 3. The van der Waals surface area contributed by atoms with Crippen LogP contribution in [0, 0.1) is 11.6 Å². The van der Waals surface area contributed by atoms with Crippen LogP contribution in [-0.2, 0) is 6.61 Å². The van der Waals surface area contributed by atoms with Gasteiger partial charge in [0.1, 0.15) is 24.0 Å². The van der Waals surface area contributed by atoms with E-state index in [9.17, 15) is 8.78 Å². The molecular weight excluding hydrogens is 346 g/mol. The highest BCUT2D eigenvalue weighted by Gasteiger charge is 2.08. The molecule has 2 aromatic rings. The van der Waals surface area contributed by atoms with Gasteiger partial charge in [0.2, 0.25) is 0 Å². The molecule has 0 amide bonds. The monoisotopic (exact) mass is 356 g/mol. The Morgan fingerprint density at radius 2 is 1.95 bits per heavy atom. The molecule has 0 spiro atoms. The van der Waals surface area contributed by atoms with Gasteiger partial charge in [0.05, 0.1) is 4.47 Å². The van der Waals surface area contributed by atoms with Crippen LogP contribution in [0.25, 0.3) is 0 Å². The molecule has 0 aliphatic rings. The lowest BCUT2D eigenvalue weighted by atomic mass is 10.1. The van der Waals surface area contributed by atoms with E-state index in [1.807, 2.05) is 0 Å². The molecule has 7 heteroatoms. The van der Waals surface area contributed by atoms with Gasteiger partial charge in [-0.3, -0.25) is 0 Å². The molecule has 0 aliphatic carbocycles. The minimum Gasteiger partial charge on any atom is -0.489 e. The molecule has 0 atom stereocenters. The Balaban J connectivity index is 2.11. The van der Waals surface area contributed by atoms with Gasteiger partial charge in [0, 0.05) is 11.1 Å². The Hall–Kier alpha value is -2.15. The van der Waals surface area contributed by atoms with E-state index in [-0.39, 0.29) is 22.5 Å². The standard InChI is InChI=1S/C14H11BrF2N2O2/c15-11-6-10(3-4-12(11)16)21-7-9-2-1-8(5-13(9)17)14(18)19-20/h1-6,20H,7H2,(H2,18,19). The number of nitrogens with two attached hydrogens (primary N) is 1. The summed E-state index contributed by atoms with van der Waals surface area (Å²) in [6.45, 7) is -0.0274. The number of benzene rings is 2. The van der Waals surface area contributed by atoms with E-state index in [0.717, 1.165) is 6.07 Å². The minimum atomic E-state index is -0.541. The molecule has 0 fully saturated rings. The lowest BCUT2D eigenvalue weighted by molar-refractivity contribution is 0.299. The largest absolute Gasteiger partial charge is 0.489 e. The van der Waals surface area contributed by atoms with E-state index in [2.05, 4.69) is 21.1 Å². The van der Waals surface area contributed by atoms with Crippen molar-refractivity contribution in [1.29, 1.82) is 0 Å². The van der Waals surface area contributed by atoms with Crippen molar-refractivity contribution in [3.63, 3.8) is 0 Å². The molecule has 0 saturated carbocycles. The second kappa shape index (κ2) is 6.53. The Morgan fingerprint density at radius 3 is 2.57 bits per heavy atom. The molecule has 2 rings (SSSR count). The molecule has 2 aromatic carbocycles. The van der Waals surface area contributed by atoms with Gasteiger partial charge in [-0.05, 0) is 40.2 Å². The van der Waals surface area contributed by atoms with Crippen LogP contribution in [-0.4, -0.2) is 11.0 Å². The number of hydrogen-bond acceptors (Lipinski definition) is 3. The summed E-state index contributed by atoms with van der Waals surface area (Å²) in [4.78, 5) is 0. The van der Waals surface area contributed by atoms with E-state index in [1.54, 1.807) is 0 Å². The first-order chi connectivity index (χ1) is 10.0. The highest BCUT2D eigenvalue weighted by atomic mass is 79.9. The van der Waals surface area contributed by atoms with Gasteiger partial charge >= 0.3 is 0 Å². The highest BCUT2D eigenvalue weighted by molar-refractivity contribution is 9.10. The van der Waals surface area contributed by atoms with E-state index in [0.29, 0.717) is 11.3 Å². The molecule has 0 bridgehead atoms. The van der Waals surface area contributed by atoms with Crippen LogP contribution in [0.5, 0.6) is 5.75 Å². The van der Waals surface area contributed by atoms with Crippen molar-refractivity contribution in [1.82, 2.24) is 0 Å². The molecule has 0 aliphatic heterocycles. The maximum absolute atomic E-state index is 13.9. The number of ether oxygens (including phenoxy) is 1. The summed E-state index contributed by atoms with van der Waals surface area (Å²) in [5.74, 6) is -0.719. The molecular formula is C14H11BrF2N2O2. The number of nitrogens with zero attached hydrogens (tertiary/aromatic N) is 1. The maximum atomic E-state index is 13.9. The minimum absolute atomic E-state index is 0.0274. The van der Waals surface area contributed by atoms with E-state index in [4.69, 9.17) is 15.7 Å². The van der Waals surface area contributed by atoms with Crippen molar-refractivity contribution >= 4 is 21.8 Å². The summed E-state index contributed by atoms with van der Waals surface area (Å²) < 4.78 is 32.6. The van der Waals surface area contributed by atoms with Crippen LogP contribution in [0.1, 0.15) is 11.1 Å². The van der Waals surface area contributed by atoms with Crippen molar-refractivity contribution in [3.8, 4) is 5.75 Å². The van der Waals surface area contributed by atoms with Gasteiger partial charge in [-0.2, -0.15) is 0 Å². The van der Waals surface area contributed by atoms with Gasteiger partial charge in [-0.25, -0.2) is 8.78 Å². The van der Waals surface area contributed by atoms with E-state index in [1.165, 1.54) is 30.3 Å². The first kappa shape index (κ1) is 15.2. The second-order valence-corrected chi connectivity index (χ2v) is 5.01. The highest BCUT2D eigenvalue weighted by Crippen LogP contribution is 2.23. The number of amidine groups is 1. The summed E-state index contributed by atoms with van der Waals surface area (Å²) in [5.41, 5.74) is 5.93. The van der Waals surface area contributed by atoms with Crippen LogP contribution in [0.15, 0.2) is 46.0 Å². The average molecular weight is 357 g/mol. The summed E-state index contributed by atoms with van der Waals surface area (Å²) in [6, 6.07) is 8.28. The van der Waals surface area contributed by atoms with Crippen molar-refractivity contribution < 1.29 is 18.7 Å². The Morgan fingerprint density at radius 1 is 1.19 bits per heavy atom. The fraction of sp³-hybridized carbons (Fsp3) is 0.0714. The normalized spacial score (nSPS) is 11.5. The SMILES string of the molecule is N/C(=N/O)c1ccc(COc2ccc(F)c(Br)c2)c(F)c1. The van der Waals surface area contributed by atoms with Crippen LogP contribution in [0.4, 0.5) is 8.78 Å². The molecule has 0 saturated heterocycles. The quantitative estimate of drug-likeness (QED) is 0.381. The number of oxime groups is 1. The molecule has 110 valence electrons. The fourth-order valence-corrected chi connectivity index (χ4v) is 1.97. The maximum Gasteiger partial charge on any atom is 0.170 e. The molecule has 0 unspecified atom stereocenters. The van der Waals surface area contributed by atoms with Crippen LogP contribution in [0.2, 0.25) is 0 Å². The average Bonchev–Trinajstić information content (AvgIpc) is 2.48. The van der Waals surface area contributed by atoms with Gasteiger partial charge < -0.3 is 15.7 Å². The van der Waals surface area contributed by atoms with Gasteiger partial charge in [0.15, 0.2) is 5.84 Å². The molecule has 0 heterocycles. The van der Waals surface area contributed by atoms with Gasteiger partial charge in [-0.1, -0.05) is 17.3 Å². The van der Waals surface area contributed by atoms with Crippen LogP contribution >= 0.6 is 15.9 Å². The molecule has 0 aromatic heterocycles. The third-order valence-electron chi connectivity index (χ3n) is 2.74. The predicted octanol–water partition coefficient (Wildman–Crippen LogP) is 3.40. The molecule has 21 heavy (non-hydrogen) atoms. The zero-order valence-electron chi connectivity index (χ0n) is 10.7. The zero-order valence-corrected chi connectivity index (χ0v) is 12.3. The van der Waals surface area contributed by atoms with E-state index >= 15 is 0 Å². The molecule has 3 N–H and O–H groups in total. The summed E-state index contributed by atoms with van der Waals surface area (Å²) in [6.07, 6.45) is 0. The van der Waals surface area contributed by atoms with Crippen molar-refractivity contribution in [3.05, 3.63) is 63.6 Å². The number of rotatable bonds is 4. The summed E-state index contributed by atoms with van der Waals surface area (Å²) >= 11 is 3.04. The van der Waals surface area contributed by atoms with Crippen molar-refractivity contribution in [2.45, 2.75) is 6.61 Å². The summed E-state index contributed by atoms with van der Waals surface area (Å²) in [7, 11) is 0. The topological polar surface area (TPSA) is 67.8 Å². The second-order valence-electron chi connectivity index (χ2n) is 4.16. The number of hydrogen-bond donors (Lipinski definition) is 2. The summed E-state index contributed by atoms with van der Waals surface area (Å²) in [5, 5.41) is 11.3. The zero-order chi connectivity index (χ0) is 15.4. The lowest BCUT2D eigenvalue weighted by Crippen LogP contribution is -2.13. The van der Waals surface area contributed by atoms with Crippen molar-refractivity contribution in [2.75, 3.05) is 0 Å². The van der Waals surface area contributed by atoms with Crippen LogP contribution in [0.3, 0.4) is 0 Å². The first-order valence-corrected chi connectivity index (χ1v) is 6.64. The Bertz CT molecular complexity index is 693. The molecule has 4 nitrogen and oxygen atoms in total. The predicted molar refractivity (Wildman–Crippen MR) is 77.3 cm³/mol. The third-order valence-corrected chi connectivity index (χ3v) is 3.35. The molecule has 0 radical (unpaired) electrons. The lowest BCUT2D eigenvalue weighted by Gasteiger charge is -2.09. The Labute approximate surface area is 128 Å². The Kier molecular flexibility index (Phi) is 4.74. The van der Waals surface area contributed by atoms with Crippen molar-refractivity contribution in [2.24, 2.45) is 10.9 Å². The van der Waals surface area contributed by atoms with E-state index < -0.39 is 11.6 Å². The fourth-order valence-electron chi connectivity index (χ4n) is 1.61. The van der Waals surface area contributed by atoms with Gasteiger partial charge in [-0.15, -0.1) is 0 Å². The smallest absolute Gasteiger partial charge is 0.170 e.